The van der Waals surface area contributed by atoms with Crippen LogP contribution in [0.25, 0.3) is 11.1 Å². The standard InChI is InChI=1S/C19H21N5O2/c1-23-11-17(21-22-23)16-10-24(12-18(16)26-2)19(25)15-9-20-8-14(15)13-6-4-3-5-7-13/h3-9,11,16,18,20H,10,12H2,1-2H3/t16-,18+/m0/s1. The Labute approximate surface area is 151 Å². The first-order chi connectivity index (χ1) is 12.7. The molecule has 2 atom stereocenters. The highest BCUT2D eigenvalue weighted by Gasteiger charge is 2.38. The minimum Gasteiger partial charge on any atom is -0.379 e. The van der Waals surface area contributed by atoms with Gasteiger partial charge in [-0.1, -0.05) is 35.5 Å². The van der Waals surface area contributed by atoms with E-state index in [0.29, 0.717) is 18.7 Å². The number of likely N-dealkylation sites (tertiary alicyclic amines) is 1. The first-order valence-corrected chi connectivity index (χ1v) is 8.58. The Kier molecular flexibility index (Phi) is 4.30. The summed E-state index contributed by atoms with van der Waals surface area (Å²) in [6.45, 7) is 1.10. The maximum Gasteiger partial charge on any atom is 0.256 e. The minimum absolute atomic E-state index is 0.00135. The molecule has 0 aliphatic carbocycles. The van der Waals surface area contributed by atoms with Crippen LogP contribution in [0.5, 0.6) is 0 Å². The summed E-state index contributed by atoms with van der Waals surface area (Å²) in [6, 6.07) is 9.91. The summed E-state index contributed by atoms with van der Waals surface area (Å²) in [6.07, 6.45) is 5.43. The van der Waals surface area contributed by atoms with Gasteiger partial charge in [0, 0.05) is 51.4 Å². The molecule has 0 spiro atoms. The lowest BCUT2D eigenvalue weighted by Crippen LogP contribution is -2.30. The van der Waals surface area contributed by atoms with Crippen LogP contribution in [0.15, 0.2) is 48.9 Å². The molecule has 26 heavy (non-hydrogen) atoms. The average Bonchev–Trinajstić information content (AvgIpc) is 3.40. The van der Waals surface area contributed by atoms with Gasteiger partial charge in [-0.3, -0.25) is 9.48 Å². The van der Waals surface area contributed by atoms with Crippen molar-refractivity contribution in [1.82, 2.24) is 24.9 Å². The van der Waals surface area contributed by atoms with E-state index in [1.54, 1.807) is 18.0 Å². The van der Waals surface area contributed by atoms with E-state index in [1.165, 1.54) is 0 Å². The van der Waals surface area contributed by atoms with Crippen LogP contribution in [-0.4, -0.2) is 57.1 Å². The summed E-state index contributed by atoms with van der Waals surface area (Å²) in [4.78, 5) is 18.1. The van der Waals surface area contributed by atoms with Crippen molar-refractivity contribution >= 4 is 5.91 Å². The zero-order valence-corrected chi connectivity index (χ0v) is 14.8. The smallest absolute Gasteiger partial charge is 0.256 e. The molecule has 1 N–H and O–H groups in total. The Hall–Kier alpha value is -2.93. The van der Waals surface area contributed by atoms with Crippen molar-refractivity contribution in [3.8, 4) is 11.1 Å². The quantitative estimate of drug-likeness (QED) is 0.781. The van der Waals surface area contributed by atoms with Gasteiger partial charge in [-0.05, 0) is 5.56 Å². The number of methoxy groups -OCH3 is 1. The highest BCUT2D eigenvalue weighted by atomic mass is 16.5. The lowest BCUT2D eigenvalue weighted by molar-refractivity contribution is 0.0715. The first-order valence-electron chi connectivity index (χ1n) is 8.58. The largest absolute Gasteiger partial charge is 0.379 e. The monoisotopic (exact) mass is 351 g/mol. The number of ether oxygens (including phenoxy) is 1. The Morgan fingerprint density at radius 2 is 2.04 bits per heavy atom. The van der Waals surface area contributed by atoms with Gasteiger partial charge in [0.1, 0.15) is 0 Å². The van der Waals surface area contributed by atoms with E-state index in [-0.39, 0.29) is 17.9 Å². The number of aromatic nitrogens is 4. The van der Waals surface area contributed by atoms with E-state index in [4.69, 9.17) is 4.74 Å². The second kappa shape index (κ2) is 6.76. The van der Waals surface area contributed by atoms with E-state index < -0.39 is 0 Å². The number of hydrogen-bond donors (Lipinski definition) is 1. The molecule has 134 valence electrons. The van der Waals surface area contributed by atoms with Crippen LogP contribution in [0, 0.1) is 0 Å². The Balaban J connectivity index is 1.59. The number of aromatic amines is 1. The van der Waals surface area contributed by atoms with E-state index in [2.05, 4.69) is 15.3 Å². The van der Waals surface area contributed by atoms with Gasteiger partial charge >= 0.3 is 0 Å². The fraction of sp³-hybridized carbons (Fsp3) is 0.316. The number of nitrogens with zero attached hydrogens (tertiary/aromatic N) is 4. The summed E-state index contributed by atoms with van der Waals surface area (Å²) in [7, 11) is 3.51. The van der Waals surface area contributed by atoms with Crippen LogP contribution in [0.2, 0.25) is 0 Å². The molecule has 7 nitrogen and oxygen atoms in total. The second-order valence-electron chi connectivity index (χ2n) is 6.56. The molecular weight excluding hydrogens is 330 g/mol. The van der Waals surface area contributed by atoms with Gasteiger partial charge in [0.2, 0.25) is 0 Å². The van der Waals surface area contributed by atoms with Crippen LogP contribution in [-0.2, 0) is 11.8 Å². The average molecular weight is 351 g/mol. The van der Waals surface area contributed by atoms with Gasteiger partial charge in [-0.25, -0.2) is 0 Å². The number of carbonyl (C=O) groups is 1. The molecule has 4 rings (SSSR count). The van der Waals surface area contributed by atoms with Gasteiger partial charge in [-0.2, -0.15) is 0 Å². The summed E-state index contributed by atoms with van der Waals surface area (Å²) >= 11 is 0. The Bertz CT molecular complexity index is 902. The molecule has 1 aromatic carbocycles. The van der Waals surface area contributed by atoms with E-state index in [1.807, 2.05) is 54.7 Å². The van der Waals surface area contributed by atoms with Gasteiger partial charge in [-0.15, -0.1) is 5.10 Å². The van der Waals surface area contributed by atoms with Crippen LogP contribution in [0.3, 0.4) is 0 Å². The maximum atomic E-state index is 13.2. The number of benzene rings is 1. The summed E-state index contributed by atoms with van der Waals surface area (Å²) < 4.78 is 7.29. The number of rotatable bonds is 4. The van der Waals surface area contributed by atoms with Crippen molar-refractivity contribution < 1.29 is 9.53 Å². The molecule has 1 amide bonds. The molecule has 0 bridgehead atoms. The van der Waals surface area contributed by atoms with Crippen molar-refractivity contribution in [2.24, 2.45) is 7.05 Å². The van der Waals surface area contributed by atoms with E-state index >= 15 is 0 Å². The zero-order chi connectivity index (χ0) is 18.1. The number of H-pyrrole nitrogens is 1. The van der Waals surface area contributed by atoms with Crippen molar-refractivity contribution in [2.45, 2.75) is 12.0 Å². The Morgan fingerprint density at radius 3 is 2.73 bits per heavy atom. The minimum atomic E-state index is -0.0882. The summed E-state index contributed by atoms with van der Waals surface area (Å²) in [5.41, 5.74) is 3.45. The normalized spacial score (nSPS) is 19.8. The zero-order valence-electron chi connectivity index (χ0n) is 14.8. The second-order valence-corrected chi connectivity index (χ2v) is 6.56. The molecule has 2 aromatic heterocycles. The van der Waals surface area contributed by atoms with Gasteiger partial charge < -0.3 is 14.6 Å². The van der Waals surface area contributed by atoms with E-state index in [9.17, 15) is 4.79 Å². The number of nitrogens with one attached hydrogen (secondary N) is 1. The third-order valence-corrected chi connectivity index (χ3v) is 4.92. The van der Waals surface area contributed by atoms with Gasteiger partial charge in [0.25, 0.3) is 5.91 Å². The van der Waals surface area contributed by atoms with Crippen molar-refractivity contribution in [2.75, 3.05) is 20.2 Å². The van der Waals surface area contributed by atoms with E-state index in [0.717, 1.165) is 16.8 Å². The lowest BCUT2D eigenvalue weighted by atomic mass is 10.0. The molecular formula is C19H21N5O2. The molecule has 3 aromatic rings. The van der Waals surface area contributed by atoms with Crippen molar-refractivity contribution in [3.05, 3.63) is 60.2 Å². The number of amides is 1. The fourth-order valence-electron chi connectivity index (χ4n) is 3.57. The molecule has 0 radical (unpaired) electrons. The topological polar surface area (TPSA) is 76.0 Å². The van der Waals surface area contributed by atoms with Crippen molar-refractivity contribution in [1.29, 1.82) is 0 Å². The molecule has 0 saturated carbocycles. The van der Waals surface area contributed by atoms with Crippen LogP contribution in [0.4, 0.5) is 0 Å². The first kappa shape index (κ1) is 16.5. The summed E-state index contributed by atoms with van der Waals surface area (Å²) in [5, 5.41) is 8.21. The van der Waals surface area contributed by atoms with Crippen molar-refractivity contribution in [3.63, 3.8) is 0 Å². The highest BCUT2D eigenvalue weighted by molar-refractivity contribution is 6.01. The molecule has 7 heteroatoms. The third-order valence-electron chi connectivity index (χ3n) is 4.92. The molecule has 1 aliphatic rings. The maximum absolute atomic E-state index is 13.2. The summed E-state index contributed by atoms with van der Waals surface area (Å²) in [5.74, 6) is 0.0234. The molecule has 3 heterocycles. The van der Waals surface area contributed by atoms with Gasteiger partial charge in [0.05, 0.1) is 23.3 Å². The lowest BCUT2D eigenvalue weighted by Gasteiger charge is -2.16. The molecule has 1 fully saturated rings. The predicted octanol–water partition coefficient (Wildman–Crippen LogP) is 2.06. The third kappa shape index (κ3) is 2.90. The highest BCUT2D eigenvalue weighted by Crippen LogP contribution is 2.31. The van der Waals surface area contributed by atoms with Crippen LogP contribution < -0.4 is 0 Å². The SMILES string of the molecule is CO[C@@H]1CN(C(=O)c2c[nH]cc2-c2ccccc2)C[C@H]1c1cn(C)nn1. The predicted molar refractivity (Wildman–Crippen MR) is 96.7 cm³/mol. The van der Waals surface area contributed by atoms with Crippen LogP contribution >= 0.6 is 0 Å². The number of hydrogen-bond acceptors (Lipinski definition) is 4. The molecule has 1 aliphatic heterocycles. The fourth-order valence-corrected chi connectivity index (χ4v) is 3.57. The molecule has 0 unspecified atom stereocenters. The van der Waals surface area contributed by atoms with Crippen LogP contribution in [0.1, 0.15) is 22.0 Å². The number of carbonyl (C=O) groups excluding carboxylic acids is 1. The number of aryl methyl sites for hydroxylation is 1. The Morgan fingerprint density at radius 1 is 1.23 bits per heavy atom. The molecule has 1 saturated heterocycles. The van der Waals surface area contributed by atoms with Gasteiger partial charge in [0.15, 0.2) is 0 Å².